The molecule has 2 atom stereocenters. The van der Waals surface area contributed by atoms with Gasteiger partial charge in [-0.3, -0.25) is 4.79 Å². The van der Waals surface area contributed by atoms with Crippen molar-refractivity contribution >= 4 is 37.2 Å². The maximum atomic E-state index is 13.8. The Bertz CT molecular complexity index is 678. The highest BCUT2D eigenvalue weighted by Gasteiger charge is 2.37. The van der Waals surface area contributed by atoms with Crippen molar-refractivity contribution in [1.29, 1.82) is 0 Å². The van der Waals surface area contributed by atoms with Crippen molar-refractivity contribution in [1.82, 2.24) is 5.32 Å². The van der Waals surface area contributed by atoms with Crippen LogP contribution in [-0.4, -0.2) is 20.4 Å². The van der Waals surface area contributed by atoms with E-state index in [-0.39, 0.29) is 16.6 Å². The number of carbonyl (C=O) groups excluding carboxylic acids is 1. The summed E-state index contributed by atoms with van der Waals surface area (Å²) >= 11 is 5.64. The summed E-state index contributed by atoms with van der Waals surface area (Å²) < 4.78 is 36.5. The molecule has 1 N–H and O–H groups in total. The zero-order chi connectivity index (χ0) is 15.8. The van der Waals surface area contributed by atoms with Gasteiger partial charge in [0.1, 0.15) is 10.7 Å². The van der Waals surface area contributed by atoms with Crippen LogP contribution in [0, 0.1) is 11.7 Å². The molecule has 0 aliphatic heterocycles. The van der Waals surface area contributed by atoms with Crippen LogP contribution in [0.3, 0.4) is 0 Å². The molecule has 2 unspecified atom stereocenters. The predicted octanol–water partition coefficient (Wildman–Crippen LogP) is 3.33. The first-order valence-corrected chi connectivity index (χ1v) is 9.17. The Balaban J connectivity index is 2.22. The monoisotopic (exact) mass is 353 g/mol. The molecule has 1 amide bonds. The molecule has 4 nitrogen and oxygen atoms in total. The Hall–Kier alpha value is -0.850. The van der Waals surface area contributed by atoms with E-state index in [4.69, 9.17) is 22.3 Å². The summed E-state index contributed by atoms with van der Waals surface area (Å²) in [5.74, 6) is -1.13. The van der Waals surface area contributed by atoms with E-state index < -0.39 is 25.7 Å². The van der Waals surface area contributed by atoms with Gasteiger partial charge in [-0.1, -0.05) is 24.9 Å². The van der Waals surface area contributed by atoms with Gasteiger partial charge < -0.3 is 5.32 Å². The summed E-state index contributed by atoms with van der Waals surface area (Å²) in [5.41, 5.74) is -0.374. The van der Waals surface area contributed by atoms with Crippen LogP contribution in [0.4, 0.5) is 4.39 Å². The van der Waals surface area contributed by atoms with Crippen LogP contribution >= 0.6 is 22.3 Å². The lowest BCUT2D eigenvalue weighted by molar-refractivity contribution is 0.0944. The molecular weight excluding hydrogens is 340 g/mol. The van der Waals surface area contributed by atoms with Gasteiger partial charge in [-0.05, 0) is 30.9 Å². The third kappa shape index (κ3) is 3.87. The number of benzene rings is 1. The SMILES string of the molecule is CCCC1CC1NC(=O)c1cc(S(=O)(=O)Cl)c(Cl)cc1F. The summed E-state index contributed by atoms with van der Waals surface area (Å²) in [6.45, 7) is 2.05. The number of nitrogens with one attached hydrogen (secondary N) is 1. The Labute approximate surface area is 132 Å². The molecule has 0 aromatic heterocycles. The van der Waals surface area contributed by atoms with Gasteiger partial charge in [0.05, 0.1) is 10.6 Å². The highest BCUT2D eigenvalue weighted by Crippen LogP contribution is 2.35. The molecule has 21 heavy (non-hydrogen) atoms. The van der Waals surface area contributed by atoms with Crippen LogP contribution in [0.25, 0.3) is 0 Å². The minimum Gasteiger partial charge on any atom is -0.349 e. The fourth-order valence-electron chi connectivity index (χ4n) is 2.25. The second kappa shape index (κ2) is 6.10. The number of hydrogen-bond donors (Lipinski definition) is 1. The Kier molecular flexibility index (Phi) is 4.80. The van der Waals surface area contributed by atoms with Gasteiger partial charge in [-0.25, -0.2) is 12.8 Å². The van der Waals surface area contributed by atoms with Crippen LogP contribution < -0.4 is 5.32 Å². The quantitative estimate of drug-likeness (QED) is 0.825. The average molecular weight is 354 g/mol. The minimum absolute atomic E-state index is 0.0172. The first-order valence-electron chi connectivity index (χ1n) is 6.48. The maximum Gasteiger partial charge on any atom is 0.262 e. The first-order chi connectivity index (χ1) is 9.74. The van der Waals surface area contributed by atoms with Crippen molar-refractivity contribution in [3.8, 4) is 0 Å². The van der Waals surface area contributed by atoms with Gasteiger partial charge in [0.15, 0.2) is 0 Å². The van der Waals surface area contributed by atoms with Crippen molar-refractivity contribution in [2.24, 2.45) is 5.92 Å². The molecular formula is C13H14Cl2FNO3S. The fraction of sp³-hybridized carbons (Fsp3) is 0.462. The molecule has 116 valence electrons. The second-order valence-corrected chi connectivity index (χ2v) is 8.01. The van der Waals surface area contributed by atoms with Crippen molar-refractivity contribution in [2.75, 3.05) is 0 Å². The Morgan fingerprint density at radius 1 is 1.48 bits per heavy atom. The predicted molar refractivity (Wildman–Crippen MR) is 78.7 cm³/mol. The van der Waals surface area contributed by atoms with Crippen molar-refractivity contribution in [3.05, 3.63) is 28.5 Å². The third-order valence-electron chi connectivity index (χ3n) is 3.43. The van der Waals surface area contributed by atoms with Crippen molar-refractivity contribution < 1.29 is 17.6 Å². The smallest absolute Gasteiger partial charge is 0.262 e. The van der Waals surface area contributed by atoms with E-state index in [0.29, 0.717) is 5.92 Å². The molecule has 0 spiro atoms. The topological polar surface area (TPSA) is 63.2 Å². The van der Waals surface area contributed by atoms with Crippen molar-refractivity contribution in [2.45, 2.75) is 37.1 Å². The highest BCUT2D eigenvalue weighted by atomic mass is 35.7. The van der Waals surface area contributed by atoms with Gasteiger partial charge in [0.25, 0.3) is 15.0 Å². The third-order valence-corrected chi connectivity index (χ3v) is 5.21. The standard InChI is InChI=1S/C13H14Cl2FNO3S/c1-2-3-7-4-11(7)17-13(18)8-5-12(21(15,19)20)9(14)6-10(8)16/h5-7,11H,2-4H2,1H3,(H,17,18). The molecule has 0 heterocycles. The van der Waals surface area contributed by atoms with Gasteiger partial charge in [-0.15, -0.1) is 0 Å². The molecule has 1 aromatic rings. The molecule has 1 fully saturated rings. The number of rotatable bonds is 5. The molecule has 1 aliphatic rings. The zero-order valence-corrected chi connectivity index (χ0v) is 13.5. The first kappa shape index (κ1) is 16.5. The van der Waals surface area contributed by atoms with E-state index in [1.165, 1.54) is 0 Å². The van der Waals surface area contributed by atoms with Crippen LogP contribution in [0.1, 0.15) is 36.5 Å². The molecule has 1 aromatic carbocycles. The molecule has 2 rings (SSSR count). The number of carbonyl (C=O) groups is 1. The summed E-state index contributed by atoms with van der Waals surface area (Å²) in [5, 5.41) is 2.33. The van der Waals surface area contributed by atoms with Crippen LogP contribution in [-0.2, 0) is 9.05 Å². The molecule has 1 aliphatic carbocycles. The number of hydrogen-bond acceptors (Lipinski definition) is 3. The summed E-state index contributed by atoms with van der Waals surface area (Å²) in [6, 6.07) is 1.66. The number of halogens is 3. The molecule has 1 saturated carbocycles. The van der Waals surface area contributed by atoms with Gasteiger partial charge >= 0.3 is 0 Å². The minimum atomic E-state index is -4.14. The lowest BCUT2D eigenvalue weighted by Crippen LogP contribution is -2.28. The lowest BCUT2D eigenvalue weighted by atomic mass is 10.2. The zero-order valence-electron chi connectivity index (χ0n) is 11.2. The van der Waals surface area contributed by atoms with E-state index in [9.17, 15) is 17.6 Å². The van der Waals surface area contributed by atoms with E-state index >= 15 is 0 Å². The largest absolute Gasteiger partial charge is 0.349 e. The Morgan fingerprint density at radius 3 is 2.71 bits per heavy atom. The summed E-state index contributed by atoms with van der Waals surface area (Å²) in [7, 11) is 1.06. The van der Waals surface area contributed by atoms with E-state index in [0.717, 1.165) is 31.4 Å². The molecule has 8 heteroatoms. The molecule has 0 bridgehead atoms. The number of amides is 1. The normalized spacial score (nSPS) is 21.1. The van der Waals surface area contributed by atoms with Gasteiger partial charge in [0, 0.05) is 16.7 Å². The van der Waals surface area contributed by atoms with E-state index in [1.54, 1.807) is 0 Å². The average Bonchev–Trinajstić information content (AvgIpc) is 3.05. The van der Waals surface area contributed by atoms with Crippen LogP contribution in [0.15, 0.2) is 17.0 Å². The van der Waals surface area contributed by atoms with E-state index in [1.807, 2.05) is 6.92 Å². The van der Waals surface area contributed by atoms with Gasteiger partial charge in [-0.2, -0.15) is 0 Å². The fourth-order valence-corrected chi connectivity index (χ4v) is 3.76. The van der Waals surface area contributed by atoms with Gasteiger partial charge in [0.2, 0.25) is 0 Å². The lowest BCUT2D eigenvalue weighted by Gasteiger charge is -2.08. The Morgan fingerprint density at radius 2 is 2.14 bits per heavy atom. The van der Waals surface area contributed by atoms with Crippen LogP contribution in [0.2, 0.25) is 5.02 Å². The maximum absolute atomic E-state index is 13.8. The molecule has 0 saturated heterocycles. The van der Waals surface area contributed by atoms with Crippen LogP contribution in [0.5, 0.6) is 0 Å². The van der Waals surface area contributed by atoms with Crippen molar-refractivity contribution in [3.63, 3.8) is 0 Å². The van der Waals surface area contributed by atoms with E-state index in [2.05, 4.69) is 5.32 Å². The molecule has 0 radical (unpaired) electrons. The summed E-state index contributed by atoms with van der Waals surface area (Å²) in [6.07, 6.45) is 2.87. The second-order valence-electron chi connectivity index (χ2n) is 5.06. The summed E-state index contributed by atoms with van der Waals surface area (Å²) in [4.78, 5) is 11.6. The highest BCUT2D eigenvalue weighted by molar-refractivity contribution is 8.13.